The number of rotatable bonds is 8. The van der Waals surface area contributed by atoms with Crippen LogP contribution in [0.25, 0.3) is 0 Å². The van der Waals surface area contributed by atoms with E-state index in [1.54, 1.807) is 0 Å². The Labute approximate surface area is 94.5 Å². The number of nitrogens with zero attached hydrogens (tertiary/aromatic N) is 2. The average molecular weight is 211 g/mol. The smallest absolute Gasteiger partial charge is 0.0622 e. The highest BCUT2D eigenvalue weighted by Gasteiger charge is 2.11. The Hall–Kier alpha value is -0.590. The summed E-state index contributed by atoms with van der Waals surface area (Å²) in [5.41, 5.74) is 0. The van der Waals surface area contributed by atoms with Gasteiger partial charge in [0.1, 0.15) is 0 Å². The molecule has 0 atom stereocenters. The first-order valence-electron chi connectivity index (χ1n) is 5.93. The van der Waals surface area contributed by atoms with Crippen LogP contribution in [-0.4, -0.2) is 36.6 Å². The lowest BCUT2D eigenvalue weighted by Gasteiger charge is -2.30. The molecular formula is C12H25N3. The van der Waals surface area contributed by atoms with Crippen LogP contribution in [0, 0.1) is 11.3 Å². The highest BCUT2D eigenvalue weighted by molar-refractivity contribution is 4.70. The molecule has 0 fully saturated rings. The second-order valence-electron chi connectivity index (χ2n) is 4.44. The fraction of sp³-hybridized carbons (Fsp3) is 0.917. The molecular weight excluding hydrogens is 186 g/mol. The number of unbranched alkanes of at least 4 members (excludes halogenated alkanes) is 1. The molecule has 0 unspecified atom stereocenters. The molecule has 3 heteroatoms. The molecule has 0 aliphatic heterocycles. The zero-order valence-electron chi connectivity index (χ0n) is 10.6. The van der Waals surface area contributed by atoms with Crippen molar-refractivity contribution in [3.63, 3.8) is 0 Å². The van der Waals surface area contributed by atoms with Gasteiger partial charge in [-0.25, -0.2) is 0 Å². The van der Waals surface area contributed by atoms with Crippen molar-refractivity contribution in [3.8, 4) is 6.07 Å². The minimum absolute atomic E-state index is 0.603. The Balaban J connectivity index is 3.51. The van der Waals surface area contributed by atoms with Crippen LogP contribution in [-0.2, 0) is 0 Å². The van der Waals surface area contributed by atoms with Crippen LogP contribution in [0.5, 0.6) is 0 Å². The lowest BCUT2D eigenvalue weighted by Crippen LogP contribution is -2.41. The summed E-state index contributed by atoms with van der Waals surface area (Å²) in [4.78, 5) is 2.47. The van der Waals surface area contributed by atoms with E-state index >= 15 is 0 Å². The molecule has 0 saturated carbocycles. The SMILES string of the molecule is CC(C)N(CCNCCCC#N)C(C)C. The summed E-state index contributed by atoms with van der Waals surface area (Å²) in [5, 5.41) is 11.7. The van der Waals surface area contributed by atoms with Gasteiger partial charge in [-0.2, -0.15) is 5.26 Å². The first-order chi connectivity index (χ1) is 7.09. The van der Waals surface area contributed by atoms with Crippen LogP contribution in [0.1, 0.15) is 40.5 Å². The number of hydrogen-bond acceptors (Lipinski definition) is 3. The summed E-state index contributed by atoms with van der Waals surface area (Å²) in [6.07, 6.45) is 1.62. The van der Waals surface area contributed by atoms with E-state index in [1.807, 2.05) is 0 Å². The number of nitriles is 1. The molecule has 0 radical (unpaired) electrons. The molecule has 0 aromatic heterocycles. The monoisotopic (exact) mass is 211 g/mol. The maximum Gasteiger partial charge on any atom is 0.0622 e. The van der Waals surface area contributed by atoms with Crippen LogP contribution in [0.4, 0.5) is 0 Å². The molecule has 15 heavy (non-hydrogen) atoms. The van der Waals surface area contributed by atoms with Crippen LogP contribution in [0.15, 0.2) is 0 Å². The van der Waals surface area contributed by atoms with Gasteiger partial charge in [-0.3, -0.25) is 4.90 Å². The third kappa shape index (κ3) is 7.35. The van der Waals surface area contributed by atoms with Gasteiger partial charge in [-0.1, -0.05) is 0 Å². The Kier molecular flexibility index (Phi) is 8.35. The fourth-order valence-electron chi connectivity index (χ4n) is 1.74. The van der Waals surface area contributed by atoms with Gasteiger partial charge >= 0.3 is 0 Å². The maximum absolute atomic E-state index is 8.37. The highest BCUT2D eigenvalue weighted by atomic mass is 15.2. The van der Waals surface area contributed by atoms with Gasteiger partial charge in [0.05, 0.1) is 6.07 Å². The quantitative estimate of drug-likeness (QED) is 0.624. The van der Waals surface area contributed by atoms with E-state index in [-0.39, 0.29) is 0 Å². The second-order valence-corrected chi connectivity index (χ2v) is 4.44. The van der Waals surface area contributed by atoms with Gasteiger partial charge in [-0.15, -0.1) is 0 Å². The molecule has 3 nitrogen and oxygen atoms in total. The van der Waals surface area contributed by atoms with E-state index in [0.29, 0.717) is 18.5 Å². The van der Waals surface area contributed by atoms with E-state index < -0.39 is 0 Å². The number of nitrogens with one attached hydrogen (secondary N) is 1. The summed E-state index contributed by atoms with van der Waals surface area (Å²) < 4.78 is 0. The van der Waals surface area contributed by atoms with E-state index in [1.165, 1.54) is 0 Å². The Morgan fingerprint density at radius 3 is 2.20 bits per heavy atom. The number of hydrogen-bond donors (Lipinski definition) is 1. The highest BCUT2D eigenvalue weighted by Crippen LogP contribution is 2.03. The van der Waals surface area contributed by atoms with Crippen molar-refractivity contribution in [3.05, 3.63) is 0 Å². The van der Waals surface area contributed by atoms with Crippen molar-refractivity contribution < 1.29 is 0 Å². The van der Waals surface area contributed by atoms with Crippen molar-refractivity contribution in [1.29, 1.82) is 5.26 Å². The van der Waals surface area contributed by atoms with Gasteiger partial charge in [0.15, 0.2) is 0 Å². The van der Waals surface area contributed by atoms with E-state index in [4.69, 9.17) is 5.26 Å². The van der Waals surface area contributed by atoms with E-state index in [2.05, 4.69) is 44.0 Å². The molecule has 0 bridgehead atoms. The summed E-state index contributed by atoms with van der Waals surface area (Å²) in [7, 11) is 0. The minimum atomic E-state index is 0.603. The summed E-state index contributed by atoms with van der Waals surface area (Å²) >= 11 is 0. The van der Waals surface area contributed by atoms with Gasteiger partial charge in [-0.05, 0) is 40.7 Å². The van der Waals surface area contributed by atoms with Crippen molar-refractivity contribution in [2.24, 2.45) is 0 Å². The van der Waals surface area contributed by atoms with Gasteiger partial charge < -0.3 is 5.32 Å². The molecule has 0 aliphatic carbocycles. The molecule has 1 N–H and O–H groups in total. The van der Waals surface area contributed by atoms with E-state index in [0.717, 1.165) is 26.1 Å². The molecule has 0 aromatic rings. The molecule has 88 valence electrons. The second kappa shape index (κ2) is 8.70. The maximum atomic E-state index is 8.37. The van der Waals surface area contributed by atoms with Crippen molar-refractivity contribution >= 4 is 0 Å². The van der Waals surface area contributed by atoms with Crippen LogP contribution in [0.2, 0.25) is 0 Å². The van der Waals surface area contributed by atoms with Gasteiger partial charge in [0.2, 0.25) is 0 Å². The first-order valence-corrected chi connectivity index (χ1v) is 5.93. The zero-order chi connectivity index (χ0) is 11.7. The van der Waals surface area contributed by atoms with Crippen molar-refractivity contribution in [2.45, 2.75) is 52.6 Å². The summed E-state index contributed by atoms with van der Waals surface area (Å²) in [6.45, 7) is 12.0. The van der Waals surface area contributed by atoms with Crippen LogP contribution >= 0.6 is 0 Å². The molecule has 0 saturated heterocycles. The standard InChI is InChI=1S/C12H25N3/c1-11(2)15(12(3)4)10-9-14-8-6-5-7-13/h11-12,14H,5-6,8-10H2,1-4H3. The summed E-state index contributed by atoms with van der Waals surface area (Å²) in [5.74, 6) is 0. The Bertz CT molecular complexity index is 174. The van der Waals surface area contributed by atoms with Crippen molar-refractivity contribution in [2.75, 3.05) is 19.6 Å². The van der Waals surface area contributed by atoms with Gasteiger partial charge in [0.25, 0.3) is 0 Å². The molecule has 0 aromatic carbocycles. The molecule has 0 aliphatic rings. The zero-order valence-corrected chi connectivity index (χ0v) is 10.6. The minimum Gasteiger partial charge on any atom is -0.315 e. The fourth-order valence-corrected chi connectivity index (χ4v) is 1.74. The van der Waals surface area contributed by atoms with Crippen molar-refractivity contribution in [1.82, 2.24) is 10.2 Å². The van der Waals surface area contributed by atoms with E-state index in [9.17, 15) is 0 Å². The first kappa shape index (κ1) is 14.4. The third-order valence-electron chi connectivity index (χ3n) is 2.52. The molecule has 0 rings (SSSR count). The molecule has 0 heterocycles. The normalized spacial score (nSPS) is 11.3. The Morgan fingerprint density at radius 1 is 1.13 bits per heavy atom. The Morgan fingerprint density at radius 2 is 1.73 bits per heavy atom. The molecule has 0 amide bonds. The largest absolute Gasteiger partial charge is 0.315 e. The van der Waals surface area contributed by atoms with Gasteiger partial charge in [0, 0.05) is 31.6 Å². The lowest BCUT2D eigenvalue weighted by atomic mass is 10.2. The van der Waals surface area contributed by atoms with Crippen LogP contribution < -0.4 is 5.32 Å². The molecule has 0 spiro atoms. The average Bonchev–Trinajstić information content (AvgIpc) is 2.15. The third-order valence-corrected chi connectivity index (χ3v) is 2.52. The predicted octanol–water partition coefficient (Wildman–Crippen LogP) is 2.00. The predicted molar refractivity (Wildman–Crippen MR) is 64.7 cm³/mol. The van der Waals surface area contributed by atoms with Crippen LogP contribution in [0.3, 0.4) is 0 Å². The topological polar surface area (TPSA) is 39.1 Å². The lowest BCUT2D eigenvalue weighted by molar-refractivity contribution is 0.176. The summed E-state index contributed by atoms with van der Waals surface area (Å²) in [6, 6.07) is 3.36.